The molecule has 1 N–H and O–H groups in total. The van der Waals surface area contributed by atoms with E-state index in [-0.39, 0.29) is 29.0 Å². The molecule has 1 saturated heterocycles. The van der Waals surface area contributed by atoms with Crippen LogP contribution in [-0.2, 0) is 16.1 Å². The molecule has 0 aliphatic carbocycles. The minimum atomic E-state index is -0.498. The zero-order chi connectivity index (χ0) is 24.1. The van der Waals surface area contributed by atoms with Crippen LogP contribution in [0.15, 0.2) is 77.7 Å². The van der Waals surface area contributed by atoms with Gasteiger partial charge in [0, 0.05) is 10.7 Å². The molecule has 0 spiro atoms. The van der Waals surface area contributed by atoms with Crippen LogP contribution in [0.4, 0.5) is 14.9 Å². The Labute approximate surface area is 204 Å². The average molecular weight is 497 g/mol. The minimum Gasteiger partial charge on any atom is -0.484 e. The second-order valence-electron chi connectivity index (χ2n) is 7.28. The first-order chi connectivity index (χ1) is 16.4. The van der Waals surface area contributed by atoms with Crippen molar-refractivity contribution in [3.05, 3.63) is 99.7 Å². The molecule has 1 aliphatic rings. The molecule has 9 heteroatoms. The molecule has 3 amide bonds. The first kappa shape index (κ1) is 23.5. The minimum absolute atomic E-state index is 0.0548. The van der Waals surface area contributed by atoms with E-state index >= 15 is 0 Å². The van der Waals surface area contributed by atoms with Gasteiger partial charge in [-0.1, -0.05) is 48.0 Å². The molecule has 0 radical (unpaired) electrons. The van der Waals surface area contributed by atoms with Crippen LogP contribution in [0.5, 0.6) is 5.75 Å². The number of hydrogen-bond acceptors (Lipinski definition) is 5. The molecular formula is C25H18ClFN2O4S. The number of thioether (sulfide) groups is 1. The number of nitrogens with zero attached hydrogens (tertiary/aromatic N) is 1. The molecule has 0 bridgehead atoms. The van der Waals surface area contributed by atoms with Crippen molar-refractivity contribution >= 4 is 52.2 Å². The van der Waals surface area contributed by atoms with E-state index in [1.807, 2.05) is 18.2 Å². The normalized spacial score (nSPS) is 14.5. The Kier molecular flexibility index (Phi) is 7.30. The van der Waals surface area contributed by atoms with Crippen molar-refractivity contribution in [2.75, 3.05) is 11.9 Å². The maximum atomic E-state index is 13.3. The van der Waals surface area contributed by atoms with E-state index in [9.17, 15) is 18.8 Å². The predicted octanol–water partition coefficient (Wildman–Crippen LogP) is 5.73. The van der Waals surface area contributed by atoms with Crippen molar-refractivity contribution in [1.82, 2.24) is 4.90 Å². The standard InChI is InChI=1S/C25H18ClFN2O4S/c26-21-13-18(27)10-9-17(21)14-29-24(31)22(34-25(29)32)12-16-5-4-8-20(11-16)33-15-23(30)28-19-6-2-1-3-7-19/h1-13H,14-15H2,(H,28,30)/b22-12-. The van der Waals surface area contributed by atoms with E-state index < -0.39 is 17.0 Å². The smallest absolute Gasteiger partial charge is 0.293 e. The van der Waals surface area contributed by atoms with Gasteiger partial charge in [-0.3, -0.25) is 19.3 Å². The summed E-state index contributed by atoms with van der Waals surface area (Å²) in [7, 11) is 0. The van der Waals surface area contributed by atoms with Crippen LogP contribution in [0.25, 0.3) is 6.08 Å². The van der Waals surface area contributed by atoms with Gasteiger partial charge in [0.15, 0.2) is 6.61 Å². The molecular weight excluding hydrogens is 479 g/mol. The summed E-state index contributed by atoms with van der Waals surface area (Å²) in [5, 5.41) is 2.43. The highest BCUT2D eigenvalue weighted by Crippen LogP contribution is 2.34. The third-order valence-corrected chi connectivity index (χ3v) is 6.06. The summed E-state index contributed by atoms with van der Waals surface area (Å²) in [5.41, 5.74) is 1.77. The molecule has 172 valence electrons. The van der Waals surface area contributed by atoms with Crippen molar-refractivity contribution < 1.29 is 23.5 Å². The highest BCUT2D eigenvalue weighted by molar-refractivity contribution is 8.18. The van der Waals surface area contributed by atoms with Crippen LogP contribution in [-0.4, -0.2) is 28.6 Å². The third-order valence-electron chi connectivity index (χ3n) is 4.80. The summed E-state index contributed by atoms with van der Waals surface area (Å²) < 4.78 is 18.8. The van der Waals surface area contributed by atoms with E-state index in [0.717, 1.165) is 22.7 Å². The molecule has 0 unspecified atom stereocenters. The van der Waals surface area contributed by atoms with Crippen LogP contribution in [0, 0.1) is 5.82 Å². The molecule has 3 aromatic rings. The van der Waals surface area contributed by atoms with Gasteiger partial charge in [0.2, 0.25) is 0 Å². The van der Waals surface area contributed by atoms with E-state index in [0.29, 0.717) is 22.6 Å². The van der Waals surface area contributed by atoms with Gasteiger partial charge in [0.05, 0.1) is 11.4 Å². The summed E-state index contributed by atoms with van der Waals surface area (Å²) in [5.74, 6) is -0.835. The first-order valence-electron chi connectivity index (χ1n) is 10.2. The van der Waals surface area contributed by atoms with Crippen molar-refractivity contribution in [3.63, 3.8) is 0 Å². The number of hydrogen-bond donors (Lipinski definition) is 1. The molecule has 0 saturated carbocycles. The molecule has 1 aliphatic heterocycles. The van der Waals surface area contributed by atoms with Gasteiger partial charge in [-0.2, -0.15) is 0 Å². The summed E-state index contributed by atoms with van der Waals surface area (Å²) in [6.07, 6.45) is 1.58. The third kappa shape index (κ3) is 5.84. The van der Waals surface area contributed by atoms with E-state index in [1.54, 1.807) is 42.5 Å². The summed E-state index contributed by atoms with van der Waals surface area (Å²) in [6, 6.07) is 19.7. The van der Waals surface area contributed by atoms with Crippen LogP contribution in [0.2, 0.25) is 5.02 Å². The number of carbonyl (C=O) groups excluding carboxylic acids is 3. The van der Waals surface area contributed by atoms with Crippen LogP contribution in [0.3, 0.4) is 0 Å². The fourth-order valence-corrected chi connectivity index (χ4v) is 4.23. The number of ether oxygens (including phenoxy) is 1. The Bertz CT molecular complexity index is 1280. The topological polar surface area (TPSA) is 75.7 Å². The number of halogens is 2. The molecule has 34 heavy (non-hydrogen) atoms. The number of carbonyl (C=O) groups is 3. The zero-order valence-electron chi connectivity index (χ0n) is 17.7. The number of benzene rings is 3. The second-order valence-corrected chi connectivity index (χ2v) is 8.68. The lowest BCUT2D eigenvalue weighted by Gasteiger charge is -2.13. The van der Waals surface area contributed by atoms with Gasteiger partial charge in [0.25, 0.3) is 17.1 Å². The average Bonchev–Trinajstić information content (AvgIpc) is 3.07. The Balaban J connectivity index is 1.40. The molecule has 1 fully saturated rings. The van der Waals surface area contributed by atoms with E-state index in [4.69, 9.17) is 16.3 Å². The largest absolute Gasteiger partial charge is 0.484 e. The summed E-state index contributed by atoms with van der Waals surface area (Å²) >= 11 is 6.84. The Hall–Kier alpha value is -3.62. The van der Waals surface area contributed by atoms with E-state index in [1.165, 1.54) is 12.1 Å². The molecule has 0 atom stereocenters. The second kappa shape index (κ2) is 10.5. The monoisotopic (exact) mass is 496 g/mol. The SMILES string of the molecule is O=C(COc1cccc(/C=C2\SC(=O)N(Cc3ccc(F)cc3Cl)C2=O)c1)Nc1ccccc1. The van der Waals surface area contributed by atoms with Crippen molar-refractivity contribution in [3.8, 4) is 5.75 Å². The number of nitrogens with one attached hydrogen (secondary N) is 1. The lowest BCUT2D eigenvalue weighted by molar-refractivity contribution is -0.123. The highest BCUT2D eigenvalue weighted by atomic mass is 35.5. The molecule has 3 aromatic carbocycles. The zero-order valence-corrected chi connectivity index (χ0v) is 19.2. The predicted molar refractivity (Wildman–Crippen MR) is 130 cm³/mol. The van der Waals surface area contributed by atoms with Crippen molar-refractivity contribution in [1.29, 1.82) is 0 Å². The highest BCUT2D eigenvalue weighted by Gasteiger charge is 2.35. The number of rotatable bonds is 7. The van der Waals surface area contributed by atoms with Crippen LogP contribution < -0.4 is 10.1 Å². The van der Waals surface area contributed by atoms with Gasteiger partial charge >= 0.3 is 0 Å². The molecule has 1 heterocycles. The van der Waals surface area contributed by atoms with Crippen LogP contribution in [0.1, 0.15) is 11.1 Å². The van der Waals surface area contributed by atoms with Crippen molar-refractivity contribution in [2.24, 2.45) is 0 Å². The number of anilines is 1. The first-order valence-corrected chi connectivity index (χ1v) is 11.4. The van der Waals surface area contributed by atoms with Gasteiger partial charge in [-0.15, -0.1) is 0 Å². The van der Waals surface area contributed by atoms with E-state index in [2.05, 4.69) is 5.32 Å². The maximum absolute atomic E-state index is 13.3. The molecule has 4 rings (SSSR count). The lowest BCUT2D eigenvalue weighted by Crippen LogP contribution is -2.27. The molecule has 0 aromatic heterocycles. The Morgan fingerprint density at radius 1 is 1.06 bits per heavy atom. The molecule has 6 nitrogen and oxygen atoms in total. The summed E-state index contributed by atoms with van der Waals surface area (Å²) in [6.45, 7) is -0.242. The summed E-state index contributed by atoms with van der Waals surface area (Å²) in [4.78, 5) is 38.6. The van der Waals surface area contributed by atoms with Crippen molar-refractivity contribution in [2.45, 2.75) is 6.54 Å². The number of imide groups is 1. The fourth-order valence-electron chi connectivity index (χ4n) is 3.17. The fraction of sp³-hybridized carbons (Fsp3) is 0.0800. The lowest BCUT2D eigenvalue weighted by atomic mass is 10.2. The Morgan fingerprint density at radius 2 is 1.85 bits per heavy atom. The maximum Gasteiger partial charge on any atom is 0.293 e. The van der Waals surface area contributed by atoms with Gasteiger partial charge in [-0.05, 0) is 65.4 Å². The van der Waals surface area contributed by atoms with Gasteiger partial charge < -0.3 is 10.1 Å². The number of amides is 3. The van der Waals surface area contributed by atoms with Gasteiger partial charge in [0.1, 0.15) is 11.6 Å². The Morgan fingerprint density at radius 3 is 2.62 bits per heavy atom. The number of para-hydroxylation sites is 1. The van der Waals surface area contributed by atoms with Gasteiger partial charge in [-0.25, -0.2) is 4.39 Å². The van der Waals surface area contributed by atoms with Crippen LogP contribution >= 0.6 is 23.4 Å². The quantitative estimate of drug-likeness (QED) is 0.422.